The summed E-state index contributed by atoms with van der Waals surface area (Å²) < 4.78 is 4.92. The van der Waals surface area contributed by atoms with Crippen LogP contribution in [0.5, 0.6) is 0 Å². The van der Waals surface area contributed by atoms with Crippen molar-refractivity contribution in [1.82, 2.24) is 0 Å². The van der Waals surface area contributed by atoms with Crippen LogP contribution in [-0.4, -0.2) is 29.2 Å². The molecule has 0 aromatic heterocycles. The highest BCUT2D eigenvalue weighted by Crippen LogP contribution is 2.23. The van der Waals surface area contributed by atoms with E-state index in [-0.39, 0.29) is 11.4 Å². The molecule has 2 rings (SSSR count). The van der Waals surface area contributed by atoms with E-state index in [1.807, 2.05) is 0 Å². The van der Waals surface area contributed by atoms with Gasteiger partial charge in [-0.1, -0.05) is 17.7 Å². The van der Waals surface area contributed by atoms with Crippen molar-refractivity contribution in [3.05, 3.63) is 63.2 Å². The Balaban J connectivity index is 1.76. The van der Waals surface area contributed by atoms with Crippen molar-refractivity contribution in [3.8, 4) is 0 Å². The molecular formula is C17H15ClN2O5S. The van der Waals surface area contributed by atoms with Crippen LogP contribution in [0.1, 0.15) is 5.56 Å². The van der Waals surface area contributed by atoms with Crippen LogP contribution in [0.15, 0.2) is 47.4 Å². The zero-order chi connectivity index (χ0) is 19.1. The molecule has 136 valence electrons. The zero-order valence-corrected chi connectivity index (χ0v) is 15.3. The number of esters is 1. The second-order valence-electron chi connectivity index (χ2n) is 5.16. The van der Waals surface area contributed by atoms with Gasteiger partial charge >= 0.3 is 5.97 Å². The first-order valence-electron chi connectivity index (χ1n) is 7.44. The predicted octanol–water partition coefficient (Wildman–Crippen LogP) is 3.83. The average molecular weight is 395 g/mol. The molecule has 0 aliphatic heterocycles. The lowest BCUT2D eigenvalue weighted by molar-refractivity contribution is -0.384. The van der Waals surface area contributed by atoms with Crippen LogP contribution in [0.4, 0.5) is 11.4 Å². The molecule has 1 N–H and O–H groups in total. The van der Waals surface area contributed by atoms with Crippen LogP contribution >= 0.6 is 23.4 Å². The number of hydrogen-bond donors (Lipinski definition) is 1. The van der Waals surface area contributed by atoms with Gasteiger partial charge in [-0.05, 0) is 36.8 Å². The van der Waals surface area contributed by atoms with Gasteiger partial charge in [-0.25, -0.2) is 0 Å². The quantitative estimate of drug-likeness (QED) is 0.331. The standard InChI is InChI=1S/C17H15ClN2O5S/c1-11-14(18)3-2-4-15(11)19-16(21)9-25-17(22)10-26-13-7-5-12(6-8-13)20(23)24/h2-8H,9-10H2,1H3,(H,19,21). The summed E-state index contributed by atoms with van der Waals surface area (Å²) in [5, 5.41) is 13.7. The van der Waals surface area contributed by atoms with E-state index in [0.29, 0.717) is 15.6 Å². The van der Waals surface area contributed by atoms with Crippen LogP contribution in [0.2, 0.25) is 5.02 Å². The Morgan fingerprint density at radius 3 is 2.58 bits per heavy atom. The highest BCUT2D eigenvalue weighted by atomic mass is 35.5. The summed E-state index contributed by atoms with van der Waals surface area (Å²) in [5.74, 6) is -1.04. The number of nitrogens with zero attached hydrogens (tertiary/aromatic N) is 1. The highest BCUT2D eigenvalue weighted by molar-refractivity contribution is 8.00. The number of ether oxygens (including phenoxy) is 1. The molecule has 26 heavy (non-hydrogen) atoms. The smallest absolute Gasteiger partial charge is 0.316 e. The van der Waals surface area contributed by atoms with Crippen molar-refractivity contribution in [3.63, 3.8) is 0 Å². The van der Waals surface area contributed by atoms with Crippen molar-refractivity contribution in [2.24, 2.45) is 0 Å². The lowest BCUT2D eigenvalue weighted by Crippen LogP contribution is -2.22. The van der Waals surface area contributed by atoms with Crippen molar-refractivity contribution in [1.29, 1.82) is 0 Å². The fraction of sp³-hybridized carbons (Fsp3) is 0.176. The molecule has 7 nitrogen and oxygen atoms in total. The Hall–Kier alpha value is -2.58. The summed E-state index contributed by atoms with van der Waals surface area (Å²) in [6.07, 6.45) is 0. The number of hydrogen-bond acceptors (Lipinski definition) is 6. The van der Waals surface area contributed by atoms with Crippen LogP contribution in [0.3, 0.4) is 0 Å². The largest absolute Gasteiger partial charge is 0.455 e. The topological polar surface area (TPSA) is 98.5 Å². The number of anilines is 1. The third-order valence-electron chi connectivity index (χ3n) is 3.31. The molecule has 0 fully saturated rings. The van der Waals surface area contributed by atoms with Crippen molar-refractivity contribution < 1.29 is 19.2 Å². The number of thioether (sulfide) groups is 1. The Bertz CT molecular complexity index is 826. The number of amides is 1. The molecule has 2 aromatic carbocycles. The minimum Gasteiger partial charge on any atom is -0.455 e. The normalized spacial score (nSPS) is 10.2. The maximum absolute atomic E-state index is 11.9. The van der Waals surface area contributed by atoms with Crippen molar-refractivity contribution in [2.45, 2.75) is 11.8 Å². The number of halogens is 1. The fourth-order valence-electron chi connectivity index (χ4n) is 1.92. The first-order chi connectivity index (χ1) is 12.4. The van der Waals surface area contributed by atoms with Gasteiger partial charge < -0.3 is 10.1 Å². The zero-order valence-electron chi connectivity index (χ0n) is 13.7. The van der Waals surface area contributed by atoms with Gasteiger partial charge in [0.15, 0.2) is 6.61 Å². The number of benzene rings is 2. The minimum absolute atomic E-state index is 0.0126. The molecule has 2 aromatic rings. The third-order valence-corrected chi connectivity index (χ3v) is 4.71. The van der Waals surface area contributed by atoms with Gasteiger partial charge in [-0.15, -0.1) is 11.8 Å². The van der Waals surface area contributed by atoms with Gasteiger partial charge in [0.2, 0.25) is 0 Å². The summed E-state index contributed by atoms with van der Waals surface area (Å²) in [6.45, 7) is 1.36. The van der Waals surface area contributed by atoms with Gasteiger partial charge in [0.25, 0.3) is 11.6 Å². The molecule has 9 heteroatoms. The molecule has 0 bridgehead atoms. The molecule has 0 heterocycles. The molecule has 0 saturated heterocycles. The molecule has 0 saturated carbocycles. The van der Waals surface area contributed by atoms with Gasteiger partial charge in [0.1, 0.15) is 0 Å². The minimum atomic E-state index is -0.564. The number of nitrogens with one attached hydrogen (secondary N) is 1. The Morgan fingerprint density at radius 2 is 1.92 bits per heavy atom. The van der Waals surface area contributed by atoms with E-state index in [0.717, 1.165) is 17.3 Å². The first kappa shape index (κ1) is 19.7. The van der Waals surface area contributed by atoms with Gasteiger partial charge in [-0.3, -0.25) is 19.7 Å². The highest BCUT2D eigenvalue weighted by Gasteiger charge is 2.11. The maximum atomic E-state index is 11.9. The van der Waals surface area contributed by atoms with E-state index in [2.05, 4.69) is 5.32 Å². The number of nitro groups is 1. The summed E-state index contributed by atoms with van der Waals surface area (Å²) in [6, 6.07) is 10.9. The van der Waals surface area contributed by atoms with E-state index >= 15 is 0 Å². The second-order valence-corrected chi connectivity index (χ2v) is 6.62. The third kappa shape index (κ3) is 5.75. The molecule has 0 unspecified atom stereocenters. The average Bonchev–Trinajstić information content (AvgIpc) is 2.62. The van der Waals surface area contributed by atoms with E-state index in [1.165, 1.54) is 12.1 Å². The van der Waals surface area contributed by atoms with Crippen LogP contribution < -0.4 is 5.32 Å². The number of non-ortho nitro benzene ring substituents is 1. The lowest BCUT2D eigenvalue weighted by Gasteiger charge is -2.10. The number of rotatable bonds is 7. The SMILES string of the molecule is Cc1c(Cl)cccc1NC(=O)COC(=O)CSc1ccc([N+](=O)[O-])cc1. The summed E-state index contributed by atoms with van der Waals surface area (Å²) in [5.41, 5.74) is 1.26. The fourth-order valence-corrected chi connectivity index (χ4v) is 2.79. The number of carbonyl (C=O) groups is 2. The van der Waals surface area contributed by atoms with E-state index in [1.54, 1.807) is 37.3 Å². The summed E-state index contributed by atoms with van der Waals surface area (Å²) in [7, 11) is 0. The van der Waals surface area contributed by atoms with Crippen molar-refractivity contribution in [2.75, 3.05) is 17.7 Å². The monoisotopic (exact) mass is 394 g/mol. The van der Waals surface area contributed by atoms with E-state index < -0.39 is 23.4 Å². The Kier molecular flexibility index (Phi) is 6.99. The Labute approximate surface area is 158 Å². The predicted molar refractivity (Wildman–Crippen MR) is 99.6 cm³/mol. The maximum Gasteiger partial charge on any atom is 0.316 e. The van der Waals surface area contributed by atoms with Crippen LogP contribution in [0.25, 0.3) is 0 Å². The molecule has 0 atom stereocenters. The number of nitro benzene ring substituents is 1. The van der Waals surface area contributed by atoms with E-state index in [4.69, 9.17) is 16.3 Å². The van der Waals surface area contributed by atoms with Gasteiger partial charge in [-0.2, -0.15) is 0 Å². The first-order valence-corrected chi connectivity index (χ1v) is 8.81. The van der Waals surface area contributed by atoms with Crippen LogP contribution in [-0.2, 0) is 14.3 Å². The van der Waals surface area contributed by atoms with Gasteiger partial charge in [0.05, 0.1) is 10.7 Å². The molecule has 0 spiro atoms. The Morgan fingerprint density at radius 1 is 1.23 bits per heavy atom. The summed E-state index contributed by atoms with van der Waals surface area (Å²) >= 11 is 7.14. The molecule has 0 aliphatic carbocycles. The number of carbonyl (C=O) groups excluding carboxylic acids is 2. The molecule has 1 amide bonds. The van der Waals surface area contributed by atoms with Crippen LogP contribution in [0, 0.1) is 17.0 Å². The van der Waals surface area contributed by atoms with Gasteiger partial charge in [0, 0.05) is 27.7 Å². The second kappa shape index (κ2) is 9.21. The summed E-state index contributed by atoms with van der Waals surface area (Å²) in [4.78, 5) is 34.3. The molecular weight excluding hydrogens is 380 g/mol. The molecule has 0 aliphatic rings. The van der Waals surface area contributed by atoms with E-state index in [9.17, 15) is 19.7 Å². The van der Waals surface area contributed by atoms with Crippen molar-refractivity contribution >= 4 is 46.6 Å². The molecule has 0 radical (unpaired) electrons. The lowest BCUT2D eigenvalue weighted by atomic mass is 10.2.